The van der Waals surface area contributed by atoms with E-state index in [2.05, 4.69) is 10.0 Å². The number of hydrogen-bond acceptors (Lipinski definition) is 2. The third-order valence-corrected chi connectivity index (χ3v) is 4.26. The lowest BCUT2D eigenvalue weighted by Gasteiger charge is -2.24. The number of thiocarbonyl (C=S) groups is 1. The van der Waals surface area contributed by atoms with Crippen molar-refractivity contribution in [1.29, 1.82) is 0 Å². The van der Waals surface area contributed by atoms with Gasteiger partial charge in [-0.15, -0.1) is 0 Å². The van der Waals surface area contributed by atoms with Crippen molar-refractivity contribution in [3.63, 3.8) is 0 Å². The first-order chi connectivity index (χ1) is 9.24. The third kappa shape index (κ3) is 2.74. The molecule has 3 nitrogen and oxygen atoms in total. The lowest BCUT2D eigenvalue weighted by molar-refractivity contribution is 0.395. The van der Waals surface area contributed by atoms with Gasteiger partial charge in [-0.05, 0) is 42.8 Å². The summed E-state index contributed by atoms with van der Waals surface area (Å²) in [7, 11) is 0. The van der Waals surface area contributed by atoms with Crippen LogP contribution in [0.5, 0.6) is 0 Å². The topological polar surface area (TPSA) is 18.8 Å². The van der Waals surface area contributed by atoms with Crippen LogP contribution >= 0.6 is 23.8 Å². The minimum atomic E-state index is 0.751. The molecule has 100 valence electrons. The molecule has 0 saturated carbocycles. The standard InChI is InChI=1S/C14H16ClN3S/c15-12-5-3-4-11(10-12)13-6-9-18(16-13)14(19)17-7-1-2-8-17/h3-5,10H,1-2,6-9H2. The number of likely N-dealkylation sites (tertiary alicyclic amines) is 1. The van der Waals surface area contributed by atoms with E-state index in [0.29, 0.717) is 0 Å². The fraction of sp³-hybridized carbons (Fsp3) is 0.429. The van der Waals surface area contributed by atoms with Gasteiger partial charge in [0.25, 0.3) is 0 Å². The molecule has 0 radical (unpaired) electrons. The highest BCUT2D eigenvalue weighted by molar-refractivity contribution is 7.80. The summed E-state index contributed by atoms with van der Waals surface area (Å²) in [6, 6.07) is 7.85. The molecule has 2 aliphatic rings. The summed E-state index contributed by atoms with van der Waals surface area (Å²) in [5, 5.41) is 8.23. The molecule has 0 aromatic heterocycles. The molecular weight excluding hydrogens is 278 g/mol. The van der Waals surface area contributed by atoms with Gasteiger partial charge in [0.05, 0.1) is 5.71 Å². The van der Waals surface area contributed by atoms with Crippen LogP contribution in [0.15, 0.2) is 29.4 Å². The SMILES string of the molecule is S=C(N1CCCC1)N1CCC(c2cccc(Cl)c2)=N1. The first-order valence-electron chi connectivity index (χ1n) is 6.64. The van der Waals surface area contributed by atoms with E-state index in [0.717, 1.165) is 47.5 Å². The molecule has 0 amide bonds. The van der Waals surface area contributed by atoms with Crippen LogP contribution in [0.25, 0.3) is 0 Å². The summed E-state index contributed by atoms with van der Waals surface area (Å²) in [4.78, 5) is 2.25. The molecule has 2 aliphatic heterocycles. The summed E-state index contributed by atoms with van der Waals surface area (Å²) in [6.07, 6.45) is 3.39. The zero-order valence-corrected chi connectivity index (χ0v) is 12.3. The van der Waals surface area contributed by atoms with Gasteiger partial charge in [0.15, 0.2) is 5.11 Å². The molecule has 3 rings (SSSR count). The van der Waals surface area contributed by atoms with E-state index in [1.165, 1.54) is 12.8 Å². The fourth-order valence-corrected chi connectivity index (χ4v) is 3.04. The Labute approximate surface area is 123 Å². The van der Waals surface area contributed by atoms with Crippen molar-refractivity contribution in [3.05, 3.63) is 34.9 Å². The Morgan fingerprint density at radius 3 is 2.74 bits per heavy atom. The van der Waals surface area contributed by atoms with Gasteiger partial charge in [-0.2, -0.15) is 5.10 Å². The number of hydrazone groups is 1. The molecule has 5 heteroatoms. The molecule has 1 fully saturated rings. The van der Waals surface area contributed by atoms with E-state index in [4.69, 9.17) is 23.8 Å². The third-order valence-electron chi connectivity index (χ3n) is 3.56. The molecular formula is C14H16ClN3S. The van der Waals surface area contributed by atoms with Gasteiger partial charge < -0.3 is 4.90 Å². The van der Waals surface area contributed by atoms with Crippen molar-refractivity contribution in [2.24, 2.45) is 5.10 Å². The largest absolute Gasteiger partial charge is 0.348 e. The molecule has 0 N–H and O–H groups in total. The van der Waals surface area contributed by atoms with Crippen LogP contribution in [0.2, 0.25) is 5.02 Å². The number of halogens is 1. The minimum absolute atomic E-state index is 0.751. The van der Waals surface area contributed by atoms with Crippen LogP contribution in [0, 0.1) is 0 Å². The molecule has 0 bridgehead atoms. The first kappa shape index (κ1) is 12.9. The zero-order valence-electron chi connectivity index (χ0n) is 10.7. The second kappa shape index (κ2) is 5.47. The lowest BCUT2D eigenvalue weighted by atomic mass is 10.1. The Hall–Kier alpha value is -1.13. The Kier molecular flexibility index (Phi) is 3.71. The van der Waals surface area contributed by atoms with Gasteiger partial charge in [0, 0.05) is 31.1 Å². The second-order valence-corrected chi connectivity index (χ2v) is 5.71. The monoisotopic (exact) mass is 293 g/mol. The van der Waals surface area contributed by atoms with E-state index in [-0.39, 0.29) is 0 Å². The average molecular weight is 294 g/mol. The van der Waals surface area contributed by atoms with Crippen LogP contribution in [0.1, 0.15) is 24.8 Å². The maximum atomic E-state index is 6.02. The molecule has 1 aromatic rings. The van der Waals surface area contributed by atoms with Gasteiger partial charge >= 0.3 is 0 Å². The van der Waals surface area contributed by atoms with E-state index in [1.807, 2.05) is 29.3 Å². The highest BCUT2D eigenvalue weighted by atomic mass is 35.5. The predicted molar refractivity (Wildman–Crippen MR) is 82.7 cm³/mol. The maximum absolute atomic E-state index is 6.02. The molecule has 1 aromatic carbocycles. The number of hydrogen-bond donors (Lipinski definition) is 0. The fourth-order valence-electron chi connectivity index (χ4n) is 2.54. The van der Waals surface area contributed by atoms with Crippen LogP contribution < -0.4 is 0 Å². The van der Waals surface area contributed by atoms with Gasteiger partial charge in [0.1, 0.15) is 0 Å². The van der Waals surface area contributed by atoms with Crippen molar-refractivity contribution in [2.45, 2.75) is 19.3 Å². The highest BCUT2D eigenvalue weighted by Crippen LogP contribution is 2.20. The van der Waals surface area contributed by atoms with Gasteiger partial charge in [0.2, 0.25) is 0 Å². The van der Waals surface area contributed by atoms with E-state index in [1.54, 1.807) is 0 Å². The smallest absolute Gasteiger partial charge is 0.192 e. The summed E-state index contributed by atoms with van der Waals surface area (Å²) in [5.74, 6) is 0. The van der Waals surface area contributed by atoms with Gasteiger partial charge in [-0.3, -0.25) is 0 Å². The van der Waals surface area contributed by atoms with Crippen LogP contribution in [0.3, 0.4) is 0 Å². The van der Waals surface area contributed by atoms with Crippen LogP contribution in [-0.2, 0) is 0 Å². The lowest BCUT2D eigenvalue weighted by Crippen LogP contribution is -2.37. The quantitative estimate of drug-likeness (QED) is 0.742. The van der Waals surface area contributed by atoms with Crippen LogP contribution in [-0.4, -0.2) is 40.4 Å². The zero-order chi connectivity index (χ0) is 13.2. The Morgan fingerprint density at radius 2 is 2.00 bits per heavy atom. The van der Waals surface area contributed by atoms with Crippen molar-refractivity contribution >= 4 is 34.6 Å². The van der Waals surface area contributed by atoms with E-state index < -0.39 is 0 Å². The Morgan fingerprint density at radius 1 is 1.21 bits per heavy atom. The maximum Gasteiger partial charge on any atom is 0.192 e. The number of nitrogens with zero attached hydrogens (tertiary/aromatic N) is 3. The van der Waals surface area contributed by atoms with Crippen molar-refractivity contribution < 1.29 is 0 Å². The van der Waals surface area contributed by atoms with E-state index in [9.17, 15) is 0 Å². The number of rotatable bonds is 1. The van der Waals surface area contributed by atoms with Crippen molar-refractivity contribution in [2.75, 3.05) is 19.6 Å². The van der Waals surface area contributed by atoms with Crippen molar-refractivity contribution in [1.82, 2.24) is 9.91 Å². The molecule has 0 spiro atoms. The number of benzene rings is 1. The molecule has 1 saturated heterocycles. The average Bonchev–Trinajstić information content (AvgIpc) is 3.10. The summed E-state index contributed by atoms with van der Waals surface area (Å²) in [5.41, 5.74) is 2.17. The molecule has 2 heterocycles. The molecule has 0 unspecified atom stereocenters. The van der Waals surface area contributed by atoms with Crippen LogP contribution in [0.4, 0.5) is 0 Å². The van der Waals surface area contributed by atoms with Gasteiger partial charge in [-0.25, -0.2) is 5.01 Å². The predicted octanol–water partition coefficient (Wildman–Crippen LogP) is 3.13. The minimum Gasteiger partial charge on any atom is -0.348 e. The summed E-state index contributed by atoms with van der Waals surface area (Å²) >= 11 is 11.5. The molecule has 19 heavy (non-hydrogen) atoms. The summed E-state index contributed by atoms with van der Waals surface area (Å²) in [6.45, 7) is 3.01. The van der Waals surface area contributed by atoms with Crippen molar-refractivity contribution in [3.8, 4) is 0 Å². The molecule has 0 aliphatic carbocycles. The Bertz CT molecular complexity index is 523. The normalized spacial score (nSPS) is 18.9. The Balaban J connectivity index is 1.75. The molecule has 0 atom stereocenters. The second-order valence-electron chi connectivity index (χ2n) is 4.91. The summed E-state index contributed by atoms with van der Waals surface area (Å²) < 4.78 is 0. The van der Waals surface area contributed by atoms with E-state index >= 15 is 0 Å². The first-order valence-corrected chi connectivity index (χ1v) is 7.42. The highest BCUT2D eigenvalue weighted by Gasteiger charge is 2.24. The van der Waals surface area contributed by atoms with Gasteiger partial charge in [-0.1, -0.05) is 23.7 Å².